The molecule has 0 aromatic carbocycles. The van der Waals surface area contributed by atoms with Crippen molar-refractivity contribution in [2.45, 2.75) is 18.8 Å². The Kier molecular flexibility index (Phi) is 6.84. The van der Waals surface area contributed by atoms with Gasteiger partial charge in [0.2, 0.25) is 0 Å². The zero-order valence-corrected chi connectivity index (χ0v) is 11.4. The maximum absolute atomic E-state index is 13.1. The van der Waals surface area contributed by atoms with Gasteiger partial charge in [-0.15, -0.1) is 0 Å². The van der Waals surface area contributed by atoms with Crippen LogP contribution in [-0.4, -0.2) is 74.0 Å². The number of nitrogens with zero attached hydrogens (tertiary/aromatic N) is 3. The van der Waals surface area contributed by atoms with E-state index in [0.717, 1.165) is 0 Å². The van der Waals surface area contributed by atoms with Crippen molar-refractivity contribution >= 4 is 5.91 Å². The van der Waals surface area contributed by atoms with Crippen molar-refractivity contribution in [3.05, 3.63) is 0 Å². The molecule has 0 bridgehead atoms. The summed E-state index contributed by atoms with van der Waals surface area (Å²) in [5, 5.41) is 8.48. The lowest BCUT2D eigenvalue weighted by Crippen LogP contribution is -2.50. The summed E-state index contributed by atoms with van der Waals surface area (Å²) in [6.07, 6.45) is -4.24. The average molecular weight is 311 g/mol. The number of rotatable bonds is 7. The molecule has 0 atom stereocenters. The molecule has 1 amide bonds. The molecule has 9 heteroatoms. The molecule has 0 spiro atoms. The standard InChI is InChI=1S/C12H17F4N3O2/c13-10(14)12(15,16)11(20)19(3-1-2-17)5-4-18-6-8-21-9-7-18/h10H,1,3-9H2. The third-order valence-corrected chi connectivity index (χ3v) is 3.13. The highest BCUT2D eigenvalue weighted by Crippen LogP contribution is 2.25. The van der Waals surface area contributed by atoms with Gasteiger partial charge in [-0.25, -0.2) is 8.78 Å². The number of ether oxygens (including phenoxy) is 1. The van der Waals surface area contributed by atoms with Crippen molar-refractivity contribution in [1.82, 2.24) is 9.80 Å². The molecule has 1 fully saturated rings. The van der Waals surface area contributed by atoms with Gasteiger partial charge in [-0.3, -0.25) is 9.69 Å². The molecule has 21 heavy (non-hydrogen) atoms. The second kappa shape index (κ2) is 8.14. The third-order valence-electron chi connectivity index (χ3n) is 3.13. The van der Waals surface area contributed by atoms with Crippen molar-refractivity contribution in [3.63, 3.8) is 0 Å². The number of morpholine rings is 1. The average Bonchev–Trinajstić information content (AvgIpc) is 2.47. The summed E-state index contributed by atoms with van der Waals surface area (Å²) in [4.78, 5) is 14.0. The summed E-state index contributed by atoms with van der Waals surface area (Å²) in [6.45, 7) is 2.04. The lowest BCUT2D eigenvalue weighted by Gasteiger charge is -2.31. The fraction of sp³-hybridized carbons (Fsp3) is 0.833. The van der Waals surface area contributed by atoms with Crippen molar-refractivity contribution in [2.24, 2.45) is 0 Å². The maximum atomic E-state index is 13.1. The van der Waals surface area contributed by atoms with Gasteiger partial charge in [-0.2, -0.15) is 14.0 Å². The summed E-state index contributed by atoms with van der Waals surface area (Å²) >= 11 is 0. The molecule has 5 nitrogen and oxygen atoms in total. The number of carbonyl (C=O) groups excluding carboxylic acids is 1. The summed E-state index contributed by atoms with van der Waals surface area (Å²) < 4.78 is 55.9. The van der Waals surface area contributed by atoms with E-state index >= 15 is 0 Å². The molecular formula is C12H17F4N3O2. The van der Waals surface area contributed by atoms with E-state index < -0.39 is 18.3 Å². The Hall–Kier alpha value is -1.40. The van der Waals surface area contributed by atoms with Crippen LogP contribution in [0.1, 0.15) is 6.42 Å². The molecule has 0 aromatic rings. The van der Waals surface area contributed by atoms with Crippen LogP contribution in [0, 0.1) is 11.3 Å². The maximum Gasteiger partial charge on any atom is 0.383 e. The summed E-state index contributed by atoms with van der Waals surface area (Å²) in [5.41, 5.74) is 0. The minimum Gasteiger partial charge on any atom is -0.379 e. The van der Waals surface area contributed by atoms with E-state index in [1.54, 1.807) is 6.07 Å². The minimum atomic E-state index is -4.72. The fourth-order valence-corrected chi connectivity index (χ4v) is 1.89. The largest absolute Gasteiger partial charge is 0.383 e. The van der Waals surface area contributed by atoms with Crippen LogP contribution in [0.5, 0.6) is 0 Å². The molecule has 120 valence electrons. The molecular weight excluding hydrogens is 294 g/mol. The highest BCUT2D eigenvalue weighted by atomic mass is 19.3. The van der Waals surface area contributed by atoms with E-state index in [9.17, 15) is 22.4 Å². The predicted molar refractivity (Wildman–Crippen MR) is 65.0 cm³/mol. The van der Waals surface area contributed by atoms with E-state index in [0.29, 0.717) is 31.2 Å². The van der Waals surface area contributed by atoms with Gasteiger partial charge in [0.1, 0.15) is 0 Å². The summed E-state index contributed by atoms with van der Waals surface area (Å²) in [7, 11) is 0. The van der Waals surface area contributed by atoms with Gasteiger partial charge in [0.15, 0.2) is 0 Å². The fourth-order valence-electron chi connectivity index (χ4n) is 1.89. The number of halogens is 4. The highest BCUT2D eigenvalue weighted by Gasteiger charge is 2.51. The molecule has 1 heterocycles. The molecule has 1 rings (SSSR count). The van der Waals surface area contributed by atoms with Gasteiger partial charge in [0, 0.05) is 32.7 Å². The Bertz CT molecular complexity index is 381. The number of hydrogen-bond donors (Lipinski definition) is 0. The summed E-state index contributed by atoms with van der Waals surface area (Å²) in [6, 6.07) is 1.71. The van der Waals surface area contributed by atoms with Gasteiger partial charge in [-0.05, 0) is 0 Å². The van der Waals surface area contributed by atoms with Crippen LogP contribution in [0.3, 0.4) is 0 Å². The zero-order chi connectivity index (χ0) is 15.9. The molecule has 1 aliphatic rings. The number of nitriles is 1. The molecule has 0 radical (unpaired) electrons. The smallest absolute Gasteiger partial charge is 0.379 e. The van der Waals surface area contributed by atoms with E-state index in [1.165, 1.54) is 0 Å². The van der Waals surface area contributed by atoms with Crippen LogP contribution >= 0.6 is 0 Å². The Morgan fingerprint density at radius 1 is 1.33 bits per heavy atom. The van der Waals surface area contributed by atoms with Crippen molar-refractivity contribution in [3.8, 4) is 6.07 Å². The lowest BCUT2D eigenvalue weighted by atomic mass is 10.2. The Labute approximate surface area is 120 Å². The topological polar surface area (TPSA) is 56.6 Å². The van der Waals surface area contributed by atoms with Crippen LogP contribution in [0.2, 0.25) is 0 Å². The van der Waals surface area contributed by atoms with Gasteiger partial charge < -0.3 is 9.64 Å². The Balaban J connectivity index is 2.61. The van der Waals surface area contributed by atoms with Gasteiger partial charge in [0.25, 0.3) is 5.91 Å². The number of alkyl halides is 4. The summed E-state index contributed by atoms with van der Waals surface area (Å²) in [5.74, 6) is -6.65. The van der Waals surface area contributed by atoms with E-state index in [-0.39, 0.29) is 26.1 Å². The first-order chi connectivity index (χ1) is 9.89. The predicted octanol–water partition coefficient (Wildman–Crippen LogP) is 0.961. The first-order valence-corrected chi connectivity index (χ1v) is 6.52. The molecule has 0 aromatic heterocycles. The van der Waals surface area contributed by atoms with Crippen LogP contribution in [0.15, 0.2) is 0 Å². The van der Waals surface area contributed by atoms with Gasteiger partial charge in [0.05, 0.1) is 25.7 Å². The van der Waals surface area contributed by atoms with Crippen LogP contribution < -0.4 is 0 Å². The number of hydrogen-bond acceptors (Lipinski definition) is 4. The third kappa shape index (κ3) is 5.13. The normalized spacial score (nSPS) is 16.8. The Morgan fingerprint density at radius 2 is 1.95 bits per heavy atom. The second-order valence-electron chi connectivity index (χ2n) is 4.58. The molecule has 1 saturated heterocycles. The van der Waals surface area contributed by atoms with Crippen molar-refractivity contribution < 1.29 is 27.1 Å². The van der Waals surface area contributed by atoms with Crippen LogP contribution in [-0.2, 0) is 9.53 Å². The van der Waals surface area contributed by atoms with E-state index in [1.807, 2.05) is 4.90 Å². The monoisotopic (exact) mass is 311 g/mol. The van der Waals surface area contributed by atoms with Crippen molar-refractivity contribution in [2.75, 3.05) is 45.9 Å². The quantitative estimate of drug-likeness (QED) is 0.657. The van der Waals surface area contributed by atoms with E-state index in [2.05, 4.69) is 0 Å². The molecule has 0 aliphatic carbocycles. The number of amides is 1. The first kappa shape index (κ1) is 17.7. The highest BCUT2D eigenvalue weighted by molar-refractivity contribution is 5.84. The Morgan fingerprint density at radius 3 is 2.48 bits per heavy atom. The second-order valence-corrected chi connectivity index (χ2v) is 4.58. The molecule has 0 saturated carbocycles. The molecule has 1 aliphatic heterocycles. The molecule has 0 unspecified atom stereocenters. The van der Waals surface area contributed by atoms with Crippen molar-refractivity contribution in [1.29, 1.82) is 5.26 Å². The van der Waals surface area contributed by atoms with Crippen LogP contribution in [0.4, 0.5) is 17.6 Å². The zero-order valence-electron chi connectivity index (χ0n) is 11.4. The van der Waals surface area contributed by atoms with Gasteiger partial charge >= 0.3 is 12.3 Å². The number of carbonyl (C=O) groups is 1. The van der Waals surface area contributed by atoms with E-state index in [4.69, 9.17) is 10.00 Å². The van der Waals surface area contributed by atoms with Gasteiger partial charge in [-0.1, -0.05) is 0 Å². The lowest BCUT2D eigenvalue weighted by molar-refractivity contribution is -0.180. The van der Waals surface area contributed by atoms with Crippen LogP contribution in [0.25, 0.3) is 0 Å². The minimum absolute atomic E-state index is 0.122. The first-order valence-electron chi connectivity index (χ1n) is 6.52. The SMILES string of the molecule is N#CCCN(CCN1CCOCC1)C(=O)C(F)(F)C(F)F. The molecule has 0 N–H and O–H groups in total.